The molecule has 1 saturated heterocycles. The van der Waals surface area contributed by atoms with Gasteiger partial charge in [0.05, 0.1) is 10.6 Å². The Bertz CT molecular complexity index is 963. The molecule has 1 aliphatic heterocycles. The van der Waals surface area contributed by atoms with E-state index in [4.69, 9.17) is 0 Å². The second-order valence-electron chi connectivity index (χ2n) is 7.00. The van der Waals surface area contributed by atoms with E-state index in [0.29, 0.717) is 24.3 Å². The number of amides is 1. The van der Waals surface area contributed by atoms with Gasteiger partial charge in [0.1, 0.15) is 0 Å². The van der Waals surface area contributed by atoms with E-state index >= 15 is 0 Å². The number of para-hydroxylation sites is 1. The molecule has 0 saturated carbocycles. The molecule has 0 aliphatic carbocycles. The van der Waals surface area contributed by atoms with E-state index in [2.05, 4.69) is 10.0 Å². The largest absolute Gasteiger partial charge is 0.336 e. The van der Waals surface area contributed by atoms with Crippen molar-refractivity contribution in [1.29, 1.82) is 0 Å². The van der Waals surface area contributed by atoms with E-state index in [-0.39, 0.29) is 29.3 Å². The number of sulfonamides is 1. The zero-order valence-corrected chi connectivity index (χ0v) is 17.9. The SMILES string of the molecule is Cc1ccccc1NS(=O)(=O)c1ccc(C)c(C(=O)N2CCNC(C)C2)c1.Cl. The number of nitrogens with one attached hydrogen (secondary N) is 2. The molecule has 3 rings (SSSR count). The number of halogens is 1. The van der Waals surface area contributed by atoms with Crippen molar-refractivity contribution in [2.45, 2.75) is 31.7 Å². The Morgan fingerprint density at radius 3 is 2.54 bits per heavy atom. The second-order valence-corrected chi connectivity index (χ2v) is 8.69. The van der Waals surface area contributed by atoms with Gasteiger partial charge in [-0.3, -0.25) is 9.52 Å². The van der Waals surface area contributed by atoms with Gasteiger partial charge in [0.25, 0.3) is 15.9 Å². The van der Waals surface area contributed by atoms with Crippen LogP contribution in [-0.2, 0) is 10.0 Å². The van der Waals surface area contributed by atoms with E-state index in [1.807, 2.05) is 32.9 Å². The van der Waals surface area contributed by atoms with Gasteiger partial charge >= 0.3 is 0 Å². The molecule has 6 nitrogen and oxygen atoms in total. The van der Waals surface area contributed by atoms with Crippen LogP contribution in [0.15, 0.2) is 47.4 Å². The lowest BCUT2D eigenvalue weighted by atomic mass is 10.1. The highest BCUT2D eigenvalue weighted by Gasteiger charge is 2.25. The van der Waals surface area contributed by atoms with Crippen LogP contribution in [0.4, 0.5) is 5.69 Å². The predicted molar refractivity (Wildman–Crippen MR) is 114 cm³/mol. The van der Waals surface area contributed by atoms with Crippen molar-refractivity contribution < 1.29 is 13.2 Å². The van der Waals surface area contributed by atoms with Gasteiger partial charge in [-0.15, -0.1) is 12.4 Å². The highest BCUT2D eigenvalue weighted by molar-refractivity contribution is 7.92. The van der Waals surface area contributed by atoms with Gasteiger partial charge in [-0.1, -0.05) is 24.3 Å². The van der Waals surface area contributed by atoms with Crippen molar-refractivity contribution in [1.82, 2.24) is 10.2 Å². The summed E-state index contributed by atoms with van der Waals surface area (Å²) in [4.78, 5) is 14.8. The fourth-order valence-electron chi connectivity index (χ4n) is 3.18. The minimum atomic E-state index is -3.78. The third-order valence-corrected chi connectivity index (χ3v) is 6.16. The molecule has 2 N–H and O–H groups in total. The summed E-state index contributed by atoms with van der Waals surface area (Å²) in [6.45, 7) is 7.65. The Morgan fingerprint density at radius 1 is 1.14 bits per heavy atom. The topological polar surface area (TPSA) is 78.5 Å². The third-order valence-electron chi connectivity index (χ3n) is 4.80. The fraction of sp³-hybridized carbons (Fsp3) is 0.350. The average Bonchev–Trinajstić information content (AvgIpc) is 2.63. The quantitative estimate of drug-likeness (QED) is 0.792. The zero-order chi connectivity index (χ0) is 19.6. The van der Waals surface area contributed by atoms with E-state index in [9.17, 15) is 13.2 Å². The Kier molecular flexibility index (Phi) is 7.09. The minimum Gasteiger partial charge on any atom is -0.336 e. The monoisotopic (exact) mass is 423 g/mol. The molecule has 0 radical (unpaired) electrons. The lowest BCUT2D eigenvalue weighted by Crippen LogP contribution is -2.51. The summed E-state index contributed by atoms with van der Waals surface area (Å²) < 4.78 is 28.3. The van der Waals surface area contributed by atoms with Crippen molar-refractivity contribution in [3.8, 4) is 0 Å². The summed E-state index contributed by atoms with van der Waals surface area (Å²) in [5.74, 6) is -0.131. The molecule has 8 heteroatoms. The summed E-state index contributed by atoms with van der Waals surface area (Å²) in [5.41, 5.74) is 2.55. The summed E-state index contributed by atoms with van der Waals surface area (Å²) in [6, 6.07) is 12.1. The van der Waals surface area contributed by atoms with E-state index in [1.54, 1.807) is 23.1 Å². The molecule has 28 heavy (non-hydrogen) atoms. The summed E-state index contributed by atoms with van der Waals surface area (Å²) >= 11 is 0. The van der Waals surface area contributed by atoms with E-state index in [1.165, 1.54) is 12.1 Å². The minimum absolute atomic E-state index is 0. The molecule has 2 aromatic rings. The smallest absolute Gasteiger partial charge is 0.261 e. The van der Waals surface area contributed by atoms with Crippen LogP contribution in [0.3, 0.4) is 0 Å². The van der Waals surface area contributed by atoms with Crippen LogP contribution in [0.5, 0.6) is 0 Å². The fourth-order valence-corrected chi connectivity index (χ4v) is 4.33. The highest BCUT2D eigenvalue weighted by Crippen LogP contribution is 2.22. The van der Waals surface area contributed by atoms with E-state index in [0.717, 1.165) is 17.7 Å². The molecule has 2 aromatic carbocycles. The number of nitrogens with zero attached hydrogens (tertiary/aromatic N) is 1. The predicted octanol–water partition coefficient (Wildman–Crippen LogP) is 2.96. The first kappa shape index (κ1) is 22.2. The normalized spacial score (nSPS) is 17.0. The number of rotatable bonds is 4. The molecule has 152 valence electrons. The maximum atomic E-state index is 12.9. The lowest BCUT2D eigenvalue weighted by Gasteiger charge is -2.32. The summed E-state index contributed by atoms with van der Waals surface area (Å²) in [5, 5.41) is 3.30. The molecule has 1 aliphatic rings. The van der Waals surface area contributed by atoms with Crippen molar-refractivity contribution in [3.05, 3.63) is 59.2 Å². The first-order valence-electron chi connectivity index (χ1n) is 8.99. The number of anilines is 1. The number of benzene rings is 2. The number of carbonyl (C=O) groups excluding carboxylic acids is 1. The summed E-state index contributed by atoms with van der Waals surface area (Å²) in [6.07, 6.45) is 0. The van der Waals surface area contributed by atoms with Crippen LogP contribution in [0, 0.1) is 13.8 Å². The Labute approximate surface area is 172 Å². The zero-order valence-electron chi connectivity index (χ0n) is 16.2. The molecule has 1 unspecified atom stereocenters. The lowest BCUT2D eigenvalue weighted by molar-refractivity contribution is 0.0708. The van der Waals surface area contributed by atoms with Gasteiger partial charge in [0, 0.05) is 31.2 Å². The maximum Gasteiger partial charge on any atom is 0.261 e. The van der Waals surface area contributed by atoms with Crippen LogP contribution in [0.2, 0.25) is 0 Å². The van der Waals surface area contributed by atoms with Gasteiger partial charge in [0.15, 0.2) is 0 Å². The van der Waals surface area contributed by atoms with Gasteiger partial charge in [-0.2, -0.15) is 0 Å². The van der Waals surface area contributed by atoms with Crippen LogP contribution in [0.1, 0.15) is 28.4 Å². The molecule has 0 spiro atoms. The molecular weight excluding hydrogens is 398 g/mol. The molecule has 1 amide bonds. The van der Waals surface area contributed by atoms with Gasteiger partial charge in [0.2, 0.25) is 0 Å². The first-order chi connectivity index (χ1) is 12.8. The molecule has 1 atom stereocenters. The van der Waals surface area contributed by atoms with Crippen LogP contribution in [0.25, 0.3) is 0 Å². The maximum absolute atomic E-state index is 12.9. The Balaban J connectivity index is 0.00000280. The first-order valence-corrected chi connectivity index (χ1v) is 10.5. The number of piperazine rings is 1. The van der Waals surface area contributed by atoms with Crippen molar-refractivity contribution in [2.75, 3.05) is 24.4 Å². The summed E-state index contributed by atoms with van der Waals surface area (Å²) in [7, 11) is -3.78. The van der Waals surface area contributed by atoms with Crippen molar-refractivity contribution >= 4 is 34.0 Å². The molecule has 1 heterocycles. The van der Waals surface area contributed by atoms with Crippen LogP contribution >= 0.6 is 12.4 Å². The number of aryl methyl sites for hydroxylation is 2. The Hall–Kier alpha value is -2.09. The molecular formula is C20H26ClN3O3S. The molecule has 1 fully saturated rings. The number of hydrogen-bond donors (Lipinski definition) is 2. The van der Waals surface area contributed by atoms with Gasteiger partial charge in [-0.25, -0.2) is 8.42 Å². The van der Waals surface area contributed by atoms with Crippen LogP contribution in [-0.4, -0.2) is 44.9 Å². The number of hydrogen-bond acceptors (Lipinski definition) is 4. The van der Waals surface area contributed by atoms with E-state index < -0.39 is 10.0 Å². The van der Waals surface area contributed by atoms with Gasteiger partial charge in [-0.05, 0) is 50.1 Å². The molecule has 0 aromatic heterocycles. The molecule has 0 bridgehead atoms. The van der Waals surface area contributed by atoms with Gasteiger partial charge < -0.3 is 10.2 Å². The van der Waals surface area contributed by atoms with Crippen LogP contribution < -0.4 is 10.0 Å². The third kappa shape index (κ3) is 4.84. The Morgan fingerprint density at radius 2 is 1.86 bits per heavy atom. The van der Waals surface area contributed by atoms with Crippen molar-refractivity contribution in [2.24, 2.45) is 0 Å². The van der Waals surface area contributed by atoms with Crippen molar-refractivity contribution in [3.63, 3.8) is 0 Å². The number of carbonyl (C=O) groups is 1. The second kappa shape index (κ2) is 8.94. The standard InChI is InChI=1S/C20H25N3O3S.ClH/c1-14-8-9-17(27(25,26)22-19-7-5-4-6-15(19)2)12-18(14)20(24)23-11-10-21-16(3)13-23;/h4-9,12,16,21-22H,10-11,13H2,1-3H3;1H. The highest BCUT2D eigenvalue weighted by atomic mass is 35.5. The average molecular weight is 424 g/mol.